The van der Waals surface area contributed by atoms with Crippen LogP contribution in [0.25, 0.3) is 5.57 Å². The van der Waals surface area contributed by atoms with Crippen LogP contribution in [-0.2, 0) is 0 Å². The van der Waals surface area contributed by atoms with E-state index in [2.05, 4.69) is 111 Å². The molecule has 3 aromatic rings. The van der Waals surface area contributed by atoms with Crippen LogP contribution in [0.3, 0.4) is 0 Å². The van der Waals surface area contributed by atoms with Gasteiger partial charge in [0.25, 0.3) is 0 Å². The molecular weight excluding hydrogens is 312 g/mol. The van der Waals surface area contributed by atoms with Crippen LogP contribution in [0.1, 0.15) is 33.7 Å². The second kappa shape index (κ2) is 7.17. The Hall–Kier alpha value is -2.86. The Labute approximate surface area is 156 Å². The van der Waals surface area contributed by atoms with Crippen LogP contribution < -0.4 is 0 Å². The molecule has 0 heterocycles. The van der Waals surface area contributed by atoms with Crippen molar-refractivity contribution in [3.63, 3.8) is 0 Å². The summed E-state index contributed by atoms with van der Waals surface area (Å²) in [6.07, 6.45) is 6.85. The zero-order valence-corrected chi connectivity index (χ0v) is 15.4. The molecule has 0 aromatic heterocycles. The van der Waals surface area contributed by atoms with E-state index in [0.29, 0.717) is 11.8 Å². The third kappa shape index (κ3) is 3.28. The van der Waals surface area contributed by atoms with Gasteiger partial charge in [0.15, 0.2) is 0 Å². The highest BCUT2D eigenvalue weighted by atomic mass is 14.3. The first kappa shape index (κ1) is 16.6. The number of benzene rings is 3. The highest BCUT2D eigenvalue weighted by Crippen LogP contribution is 2.43. The van der Waals surface area contributed by atoms with Crippen LogP contribution in [0.5, 0.6) is 0 Å². The molecule has 0 amide bonds. The van der Waals surface area contributed by atoms with Crippen molar-refractivity contribution in [2.24, 2.45) is 5.92 Å². The molecule has 128 valence electrons. The summed E-state index contributed by atoms with van der Waals surface area (Å²) in [6, 6.07) is 28.7. The van der Waals surface area contributed by atoms with E-state index >= 15 is 0 Å². The number of aryl methyl sites for hydroxylation is 2. The van der Waals surface area contributed by atoms with Crippen molar-refractivity contribution in [1.29, 1.82) is 0 Å². The average molecular weight is 336 g/mol. The molecule has 0 saturated heterocycles. The molecule has 1 unspecified atom stereocenters. The fourth-order valence-electron chi connectivity index (χ4n) is 4.04. The van der Waals surface area contributed by atoms with E-state index < -0.39 is 0 Å². The molecule has 26 heavy (non-hydrogen) atoms. The summed E-state index contributed by atoms with van der Waals surface area (Å²) >= 11 is 0. The minimum absolute atomic E-state index is 0.319. The van der Waals surface area contributed by atoms with Gasteiger partial charge >= 0.3 is 0 Å². The molecule has 0 nitrogen and oxygen atoms in total. The molecule has 3 aromatic carbocycles. The Kier molecular flexibility index (Phi) is 4.58. The van der Waals surface area contributed by atoms with Crippen molar-refractivity contribution < 1.29 is 0 Å². The molecule has 0 spiro atoms. The van der Waals surface area contributed by atoms with E-state index in [4.69, 9.17) is 0 Å². The van der Waals surface area contributed by atoms with Crippen LogP contribution in [-0.4, -0.2) is 0 Å². The van der Waals surface area contributed by atoms with E-state index in [1.54, 1.807) is 0 Å². The lowest BCUT2D eigenvalue weighted by molar-refractivity contribution is 0.706. The van der Waals surface area contributed by atoms with E-state index in [9.17, 15) is 0 Å². The molecule has 0 aliphatic heterocycles. The Morgan fingerprint density at radius 3 is 1.88 bits per heavy atom. The van der Waals surface area contributed by atoms with Gasteiger partial charge in [-0.3, -0.25) is 0 Å². The summed E-state index contributed by atoms with van der Waals surface area (Å²) < 4.78 is 0. The molecule has 1 aliphatic carbocycles. The predicted molar refractivity (Wildman–Crippen MR) is 111 cm³/mol. The summed E-state index contributed by atoms with van der Waals surface area (Å²) in [5, 5.41) is 0. The third-order valence-electron chi connectivity index (χ3n) is 5.22. The maximum atomic E-state index is 2.36. The first-order valence-electron chi connectivity index (χ1n) is 9.29. The van der Waals surface area contributed by atoms with Gasteiger partial charge in [0.1, 0.15) is 0 Å². The van der Waals surface area contributed by atoms with E-state index in [0.717, 1.165) is 0 Å². The van der Waals surface area contributed by atoms with Gasteiger partial charge < -0.3 is 0 Å². The quantitative estimate of drug-likeness (QED) is 0.497. The van der Waals surface area contributed by atoms with Gasteiger partial charge in [-0.2, -0.15) is 0 Å². The second-order valence-corrected chi connectivity index (χ2v) is 7.20. The minimum atomic E-state index is 0.319. The molecule has 0 fully saturated rings. The maximum absolute atomic E-state index is 2.36. The largest absolute Gasteiger partial charge is 0.0760 e. The van der Waals surface area contributed by atoms with E-state index in [-0.39, 0.29) is 0 Å². The highest BCUT2D eigenvalue weighted by Gasteiger charge is 2.28. The minimum Gasteiger partial charge on any atom is -0.0760 e. The number of hydrogen-bond acceptors (Lipinski definition) is 0. The van der Waals surface area contributed by atoms with Gasteiger partial charge in [0, 0.05) is 11.8 Å². The van der Waals surface area contributed by atoms with Gasteiger partial charge in [-0.05, 0) is 36.1 Å². The molecule has 0 radical (unpaired) electrons. The number of rotatable bonds is 4. The van der Waals surface area contributed by atoms with Gasteiger partial charge in [-0.25, -0.2) is 0 Å². The number of hydrogen-bond donors (Lipinski definition) is 0. The first-order chi connectivity index (χ1) is 12.7. The average Bonchev–Trinajstić information content (AvgIpc) is 3.12. The fraction of sp³-hybridized carbons (Fsp3) is 0.154. The van der Waals surface area contributed by atoms with Crippen LogP contribution in [0.15, 0.2) is 97.1 Å². The Morgan fingerprint density at radius 2 is 1.31 bits per heavy atom. The SMILES string of the molecule is Cc1cccc(C(c2cccc(C)c2)C2C=CC=C2c2ccccc2)c1. The zero-order chi connectivity index (χ0) is 17.9. The summed E-state index contributed by atoms with van der Waals surface area (Å²) in [5.74, 6) is 0.668. The zero-order valence-electron chi connectivity index (χ0n) is 15.4. The highest BCUT2D eigenvalue weighted by molar-refractivity contribution is 5.74. The van der Waals surface area contributed by atoms with Crippen LogP contribution >= 0.6 is 0 Å². The maximum Gasteiger partial charge on any atom is 0.0193 e. The lowest BCUT2D eigenvalue weighted by Crippen LogP contribution is -2.13. The first-order valence-corrected chi connectivity index (χ1v) is 9.29. The predicted octanol–water partition coefficient (Wildman–Crippen LogP) is 6.70. The van der Waals surface area contributed by atoms with Crippen LogP contribution in [0, 0.1) is 19.8 Å². The van der Waals surface area contributed by atoms with Crippen molar-refractivity contribution in [2.75, 3.05) is 0 Å². The Bertz CT molecular complexity index is 915. The van der Waals surface area contributed by atoms with Gasteiger partial charge in [0.05, 0.1) is 0 Å². The fourth-order valence-corrected chi connectivity index (χ4v) is 4.04. The standard InChI is InChI=1S/C26H24/c1-19-9-6-13-22(17-19)26(23-14-7-10-20(2)18-23)25-16-8-15-24(25)21-11-4-3-5-12-21/h3-18,25-26H,1-2H3. The topological polar surface area (TPSA) is 0 Å². The van der Waals surface area contributed by atoms with Crippen LogP contribution in [0.4, 0.5) is 0 Å². The lowest BCUT2D eigenvalue weighted by atomic mass is 9.76. The van der Waals surface area contributed by atoms with Crippen molar-refractivity contribution >= 4 is 5.57 Å². The Morgan fingerprint density at radius 1 is 0.692 bits per heavy atom. The lowest BCUT2D eigenvalue weighted by Gasteiger charge is -2.27. The molecule has 4 rings (SSSR count). The molecular formula is C26H24. The van der Waals surface area contributed by atoms with Crippen molar-refractivity contribution in [1.82, 2.24) is 0 Å². The van der Waals surface area contributed by atoms with Crippen LogP contribution in [0.2, 0.25) is 0 Å². The smallest absolute Gasteiger partial charge is 0.0193 e. The molecule has 0 bridgehead atoms. The van der Waals surface area contributed by atoms with E-state index in [1.165, 1.54) is 33.4 Å². The molecule has 1 atom stereocenters. The Balaban J connectivity index is 1.83. The number of allylic oxidation sites excluding steroid dienone is 4. The summed E-state index contributed by atoms with van der Waals surface area (Å²) in [5.41, 5.74) is 8.11. The van der Waals surface area contributed by atoms with Gasteiger partial charge in [-0.1, -0.05) is 108 Å². The summed E-state index contributed by atoms with van der Waals surface area (Å²) in [4.78, 5) is 0. The second-order valence-electron chi connectivity index (χ2n) is 7.20. The molecule has 0 saturated carbocycles. The summed E-state index contributed by atoms with van der Waals surface area (Å²) in [7, 11) is 0. The monoisotopic (exact) mass is 336 g/mol. The summed E-state index contributed by atoms with van der Waals surface area (Å²) in [6.45, 7) is 4.35. The molecule has 0 N–H and O–H groups in total. The normalized spacial score (nSPS) is 16.1. The van der Waals surface area contributed by atoms with Crippen molar-refractivity contribution in [3.8, 4) is 0 Å². The van der Waals surface area contributed by atoms with E-state index in [1.807, 2.05) is 0 Å². The third-order valence-corrected chi connectivity index (χ3v) is 5.22. The molecule has 0 heteroatoms. The van der Waals surface area contributed by atoms with Gasteiger partial charge in [-0.15, -0.1) is 0 Å². The van der Waals surface area contributed by atoms with Gasteiger partial charge in [0.2, 0.25) is 0 Å². The van der Waals surface area contributed by atoms with Crippen molar-refractivity contribution in [2.45, 2.75) is 19.8 Å². The molecule has 1 aliphatic rings. The van der Waals surface area contributed by atoms with Crippen molar-refractivity contribution in [3.05, 3.63) is 125 Å².